The van der Waals surface area contributed by atoms with E-state index in [1.54, 1.807) is 0 Å². The van der Waals surface area contributed by atoms with Gasteiger partial charge in [0.15, 0.2) is 0 Å². The molecule has 1 heterocycles. The molecule has 1 aliphatic heterocycles. The molecule has 0 bridgehead atoms. The molecule has 14 heavy (non-hydrogen) atoms. The third-order valence-corrected chi connectivity index (χ3v) is 2.45. The normalized spacial score (nSPS) is 24.5. The van der Waals surface area contributed by atoms with Gasteiger partial charge in [0.25, 0.3) is 0 Å². The number of hydrogen-bond donors (Lipinski definition) is 2. The maximum absolute atomic E-state index is 9.98. The van der Waals surface area contributed by atoms with Gasteiger partial charge in [-0.2, -0.15) is 0 Å². The average molecular weight is 193 g/mol. The molecule has 1 aromatic rings. The van der Waals surface area contributed by atoms with Gasteiger partial charge in [-0.15, -0.1) is 0 Å². The number of benzene rings is 1. The number of nitrogens with one attached hydrogen (secondary N) is 1. The zero-order chi connectivity index (χ0) is 9.80. The van der Waals surface area contributed by atoms with Crippen LogP contribution in [0.4, 0.5) is 0 Å². The van der Waals surface area contributed by atoms with Crippen molar-refractivity contribution in [1.82, 2.24) is 5.32 Å². The lowest BCUT2D eigenvalue weighted by atomic mass is 10.0. The maximum atomic E-state index is 9.98. The molecule has 76 valence electrons. The van der Waals surface area contributed by atoms with Gasteiger partial charge in [0.05, 0.1) is 12.7 Å². The van der Waals surface area contributed by atoms with E-state index in [0.717, 1.165) is 18.7 Å². The van der Waals surface area contributed by atoms with Gasteiger partial charge < -0.3 is 15.2 Å². The first-order valence-electron chi connectivity index (χ1n) is 4.93. The van der Waals surface area contributed by atoms with Gasteiger partial charge in [-0.05, 0) is 5.56 Å². The van der Waals surface area contributed by atoms with Crippen LogP contribution in [0, 0.1) is 0 Å². The van der Waals surface area contributed by atoms with E-state index < -0.39 is 6.10 Å². The summed E-state index contributed by atoms with van der Waals surface area (Å²) in [5, 5.41) is 13.2. The smallest absolute Gasteiger partial charge is 0.106 e. The van der Waals surface area contributed by atoms with Gasteiger partial charge in [-0.1, -0.05) is 30.3 Å². The van der Waals surface area contributed by atoms with Crippen LogP contribution in [-0.4, -0.2) is 30.9 Å². The molecular weight excluding hydrogens is 178 g/mol. The summed E-state index contributed by atoms with van der Waals surface area (Å²) < 4.78 is 5.48. The molecule has 1 aromatic carbocycles. The molecule has 1 saturated heterocycles. The molecule has 0 spiro atoms. The summed E-state index contributed by atoms with van der Waals surface area (Å²) in [5.41, 5.74) is 0.918. The molecule has 2 N–H and O–H groups in total. The summed E-state index contributed by atoms with van der Waals surface area (Å²) >= 11 is 0. The molecule has 2 atom stereocenters. The van der Waals surface area contributed by atoms with Crippen LogP contribution in [0.15, 0.2) is 30.3 Å². The van der Waals surface area contributed by atoms with Crippen LogP contribution in [0.2, 0.25) is 0 Å². The van der Waals surface area contributed by atoms with Gasteiger partial charge >= 0.3 is 0 Å². The van der Waals surface area contributed by atoms with E-state index in [1.807, 2.05) is 30.3 Å². The minimum Gasteiger partial charge on any atom is -0.386 e. The summed E-state index contributed by atoms with van der Waals surface area (Å²) in [6.45, 7) is 2.27. The molecule has 0 aromatic heterocycles. The largest absolute Gasteiger partial charge is 0.386 e. The van der Waals surface area contributed by atoms with Crippen molar-refractivity contribution in [3.05, 3.63) is 35.9 Å². The topological polar surface area (TPSA) is 41.5 Å². The summed E-state index contributed by atoms with van der Waals surface area (Å²) in [5.74, 6) is 0. The van der Waals surface area contributed by atoms with Gasteiger partial charge in [0.1, 0.15) is 6.10 Å². The summed E-state index contributed by atoms with van der Waals surface area (Å²) in [6.07, 6.45) is -0.643. The molecule has 0 amide bonds. The minimum absolute atomic E-state index is 0.119. The Hall–Kier alpha value is -0.900. The Balaban J connectivity index is 2.03. The lowest BCUT2D eigenvalue weighted by molar-refractivity contribution is -0.0536. The van der Waals surface area contributed by atoms with Crippen molar-refractivity contribution in [2.75, 3.05) is 19.7 Å². The first-order valence-corrected chi connectivity index (χ1v) is 4.93. The molecule has 2 rings (SSSR count). The molecule has 3 heteroatoms. The Labute approximate surface area is 83.7 Å². The molecule has 1 aliphatic rings. The first-order chi connectivity index (χ1) is 6.88. The van der Waals surface area contributed by atoms with Crippen molar-refractivity contribution in [2.45, 2.75) is 12.2 Å². The first kappa shape index (κ1) is 9.65. The van der Waals surface area contributed by atoms with Gasteiger partial charge in [0, 0.05) is 13.1 Å². The molecule has 3 nitrogen and oxygen atoms in total. The highest BCUT2D eigenvalue weighted by molar-refractivity contribution is 5.18. The maximum Gasteiger partial charge on any atom is 0.106 e. The van der Waals surface area contributed by atoms with Crippen LogP contribution in [0.1, 0.15) is 11.7 Å². The fraction of sp³-hybridized carbons (Fsp3) is 0.455. The van der Waals surface area contributed by atoms with Crippen molar-refractivity contribution in [3.8, 4) is 0 Å². The van der Waals surface area contributed by atoms with Gasteiger partial charge in [-0.3, -0.25) is 0 Å². The lowest BCUT2D eigenvalue weighted by Crippen LogP contribution is -2.41. The predicted molar refractivity (Wildman–Crippen MR) is 54.0 cm³/mol. The van der Waals surface area contributed by atoms with Crippen molar-refractivity contribution < 1.29 is 9.84 Å². The predicted octanol–water partition coefficient (Wildman–Crippen LogP) is 0.708. The Morgan fingerprint density at radius 2 is 2.14 bits per heavy atom. The fourth-order valence-electron chi connectivity index (χ4n) is 1.65. The van der Waals surface area contributed by atoms with Crippen molar-refractivity contribution in [2.24, 2.45) is 0 Å². The fourth-order valence-corrected chi connectivity index (χ4v) is 1.65. The number of ether oxygens (including phenoxy) is 1. The van der Waals surface area contributed by atoms with Crippen molar-refractivity contribution in [1.29, 1.82) is 0 Å². The molecule has 0 saturated carbocycles. The van der Waals surface area contributed by atoms with Crippen LogP contribution in [0.3, 0.4) is 0 Å². The van der Waals surface area contributed by atoms with Crippen molar-refractivity contribution in [3.63, 3.8) is 0 Å². The van der Waals surface area contributed by atoms with E-state index >= 15 is 0 Å². The van der Waals surface area contributed by atoms with E-state index in [0.29, 0.717) is 6.61 Å². The van der Waals surface area contributed by atoms with Gasteiger partial charge in [0.2, 0.25) is 0 Å². The Bertz CT molecular complexity index is 270. The Morgan fingerprint density at radius 3 is 2.79 bits per heavy atom. The van der Waals surface area contributed by atoms with Crippen LogP contribution < -0.4 is 5.32 Å². The number of morpholine rings is 1. The Kier molecular flexibility index (Phi) is 3.14. The number of rotatable bonds is 2. The molecule has 0 aliphatic carbocycles. The molecule has 1 unspecified atom stereocenters. The van der Waals surface area contributed by atoms with Crippen LogP contribution >= 0.6 is 0 Å². The third-order valence-electron chi connectivity index (χ3n) is 2.45. The standard InChI is InChI=1S/C11H15NO2/c13-11(9-4-2-1-3-5-9)10-8-12-6-7-14-10/h1-5,10-13H,6-8H2/t10-,11?/m0/s1. The van der Waals surface area contributed by atoms with Crippen LogP contribution in [0.5, 0.6) is 0 Å². The quantitative estimate of drug-likeness (QED) is 0.726. The lowest BCUT2D eigenvalue weighted by Gasteiger charge is -2.27. The van der Waals surface area contributed by atoms with E-state index in [1.165, 1.54) is 0 Å². The second kappa shape index (κ2) is 4.55. The third kappa shape index (κ3) is 2.12. The van der Waals surface area contributed by atoms with E-state index in [2.05, 4.69) is 5.32 Å². The highest BCUT2D eigenvalue weighted by Gasteiger charge is 2.23. The second-order valence-electron chi connectivity index (χ2n) is 3.47. The Morgan fingerprint density at radius 1 is 1.36 bits per heavy atom. The minimum atomic E-state index is -0.524. The zero-order valence-electron chi connectivity index (χ0n) is 8.02. The highest BCUT2D eigenvalue weighted by Crippen LogP contribution is 2.19. The number of hydrogen-bond acceptors (Lipinski definition) is 3. The molecule has 1 fully saturated rings. The molecular formula is C11H15NO2. The highest BCUT2D eigenvalue weighted by atomic mass is 16.5. The monoisotopic (exact) mass is 193 g/mol. The summed E-state index contributed by atoms with van der Waals surface area (Å²) in [4.78, 5) is 0. The average Bonchev–Trinajstić information content (AvgIpc) is 2.30. The van der Waals surface area contributed by atoms with E-state index in [9.17, 15) is 5.11 Å². The van der Waals surface area contributed by atoms with E-state index in [4.69, 9.17) is 4.74 Å². The van der Waals surface area contributed by atoms with E-state index in [-0.39, 0.29) is 6.10 Å². The van der Waals surface area contributed by atoms with Crippen LogP contribution in [0.25, 0.3) is 0 Å². The number of aliphatic hydroxyl groups excluding tert-OH is 1. The second-order valence-corrected chi connectivity index (χ2v) is 3.47. The zero-order valence-corrected chi connectivity index (χ0v) is 8.02. The van der Waals surface area contributed by atoms with Crippen LogP contribution in [-0.2, 0) is 4.74 Å². The SMILES string of the molecule is OC(c1ccccc1)[C@@H]1CNCCO1. The summed E-state index contributed by atoms with van der Waals surface area (Å²) in [7, 11) is 0. The van der Waals surface area contributed by atoms with Crippen molar-refractivity contribution >= 4 is 0 Å². The number of aliphatic hydroxyl groups is 1. The molecule has 0 radical (unpaired) electrons. The summed E-state index contributed by atoms with van der Waals surface area (Å²) in [6, 6.07) is 9.63. The van der Waals surface area contributed by atoms with Gasteiger partial charge in [-0.25, -0.2) is 0 Å².